The number of benzene rings is 2. The van der Waals surface area contributed by atoms with Crippen molar-refractivity contribution in [2.75, 3.05) is 0 Å². The third-order valence-corrected chi connectivity index (χ3v) is 4.83. The van der Waals surface area contributed by atoms with Crippen molar-refractivity contribution in [1.29, 1.82) is 0 Å². The molecule has 134 valence electrons. The smallest absolute Gasteiger partial charge is 0.219 e. The number of halogens is 1. The SMILES string of the molecule is O=S(=O)(Cc1ccccc1)NCc1ccnc(Oc2ccc(F)cc2)c1. The Hall–Kier alpha value is -2.77. The summed E-state index contributed by atoms with van der Waals surface area (Å²) < 4.78 is 45.4. The number of ether oxygens (including phenoxy) is 1. The summed E-state index contributed by atoms with van der Waals surface area (Å²) in [5.41, 5.74) is 1.42. The van der Waals surface area contributed by atoms with Gasteiger partial charge in [-0.1, -0.05) is 30.3 Å². The second-order valence-corrected chi connectivity index (χ2v) is 7.43. The van der Waals surface area contributed by atoms with Gasteiger partial charge in [0.05, 0.1) is 5.75 Å². The van der Waals surface area contributed by atoms with Gasteiger partial charge in [0.15, 0.2) is 0 Å². The molecule has 3 aromatic rings. The number of sulfonamides is 1. The van der Waals surface area contributed by atoms with Crippen molar-refractivity contribution in [2.24, 2.45) is 0 Å². The maximum absolute atomic E-state index is 12.9. The third kappa shape index (κ3) is 5.37. The van der Waals surface area contributed by atoms with Crippen molar-refractivity contribution < 1.29 is 17.5 Å². The maximum atomic E-state index is 12.9. The molecule has 26 heavy (non-hydrogen) atoms. The van der Waals surface area contributed by atoms with E-state index in [4.69, 9.17) is 4.74 Å². The number of aromatic nitrogens is 1. The van der Waals surface area contributed by atoms with E-state index in [0.717, 1.165) is 5.56 Å². The summed E-state index contributed by atoms with van der Waals surface area (Å²) in [7, 11) is -3.46. The van der Waals surface area contributed by atoms with Gasteiger partial charge >= 0.3 is 0 Å². The molecule has 7 heteroatoms. The minimum absolute atomic E-state index is 0.0855. The first kappa shape index (κ1) is 18.0. The molecule has 1 heterocycles. The Morgan fingerprint density at radius 1 is 0.962 bits per heavy atom. The molecule has 0 unspecified atom stereocenters. The first-order valence-corrected chi connectivity index (χ1v) is 9.55. The van der Waals surface area contributed by atoms with E-state index in [1.165, 1.54) is 30.5 Å². The van der Waals surface area contributed by atoms with Crippen LogP contribution in [0, 0.1) is 5.82 Å². The van der Waals surface area contributed by atoms with E-state index in [2.05, 4.69) is 9.71 Å². The van der Waals surface area contributed by atoms with E-state index < -0.39 is 10.0 Å². The lowest BCUT2D eigenvalue weighted by Gasteiger charge is -2.09. The van der Waals surface area contributed by atoms with Crippen molar-refractivity contribution >= 4 is 10.0 Å². The van der Waals surface area contributed by atoms with Crippen molar-refractivity contribution in [3.8, 4) is 11.6 Å². The fourth-order valence-electron chi connectivity index (χ4n) is 2.28. The summed E-state index contributed by atoms with van der Waals surface area (Å²) in [5.74, 6) is 0.307. The molecule has 1 aromatic heterocycles. The van der Waals surface area contributed by atoms with E-state index >= 15 is 0 Å². The second-order valence-electron chi connectivity index (χ2n) is 5.62. The molecular weight excluding hydrogens is 355 g/mol. The fraction of sp³-hybridized carbons (Fsp3) is 0.105. The molecule has 0 amide bonds. The quantitative estimate of drug-likeness (QED) is 0.688. The average molecular weight is 372 g/mol. The fourth-order valence-corrected chi connectivity index (χ4v) is 3.40. The highest BCUT2D eigenvalue weighted by molar-refractivity contribution is 7.88. The second kappa shape index (κ2) is 8.07. The number of pyridine rings is 1. The lowest BCUT2D eigenvalue weighted by atomic mass is 10.2. The number of hydrogen-bond donors (Lipinski definition) is 1. The molecule has 3 rings (SSSR count). The van der Waals surface area contributed by atoms with Crippen LogP contribution in [-0.2, 0) is 22.3 Å². The topological polar surface area (TPSA) is 68.3 Å². The minimum Gasteiger partial charge on any atom is -0.439 e. The predicted molar refractivity (Wildman–Crippen MR) is 96.6 cm³/mol. The molecule has 0 atom stereocenters. The van der Waals surface area contributed by atoms with Gasteiger partial charge in [-0.2, -0.15) is 0 Å². The molecule has 2 aromatic carbocycles. The van der Waals surface area contributed by atoms with Gasteiger partial charge in [-0.15, -0.1) is 0 Å². The zero-order chi connectivity index (χ0) is 18.4. The van der Waals surface area contributed by atoms with Gasteiger partial charge in [-0.3, -0.25) is 0 Å². The Morgan fingerprint density at radius 3 is 2.42 bits per heavy atom. The van der Waals surface area contributed by atoms with E-state index in [9.17, 15) is 12.8 Å². The Bertz CT molecular complexity index is 962. The number of nitrogens with one attached hydrogen (secondary N) is 1. The Labute approximate surface area is 151 Å². The van der Waals surface area contributed by atoms with Crippen LogP contribution in [0.1, 0.15) is 11.1 Å². The molecule has 1 N–H and O–H groups in total. The van der Waals surface area contributed by atoms with Crippen LogP contribution < -0.4 is 9.46 Å². The van der Waals surface area contributed by atoms with E-state index in [1.54, 1.807) is 36.4 Å². The van der Waals surface area contributed by atoms with Crippen LogP contribution in [0.5, 0.6) is 11.6 Å². The Balaban J connectivity index is 1.62. The predicted octanol–water partition coefficient (Wildman–Crippen LogP) is 3.63. The summed E-state index contributed by atoms with van der Waals surface area (Å²) in [6.07, 6.45) is 1.53. The molecule has 0 aliphatic heterocycles. The summed E-state index contributed by atoms with van der Waals surface area (Å²) in [5, 5.41) is 0. The van der Waals surface area contributed by atoms with Gasteiger partial charge in [0.2, 0.25) is 15.9 Å². The Morgan fingerprint density at radius 2 is 1.69 bits per heavy atom. The summed E-state index contributed by atoms with van der Waals surface area (Å²) in [4.78, 5) is 4.08. The van der Waals surface area contributed by atoms with Crippen molar-refractivity contribution in [3.63, 3.8) is 0 Å². The van der Waals surface area contributed by atoms with Crippen LogP contribution in [0.4, 0.5) is 4.39 Å². The molecule has 0 radical (unpaired) electrons. The molecular formula is C19H17FN2O3S. The van der Waals surface area contributed by atoms with Gasteiger partial charge in [-0.05, 0) is 41.5 Å². The zero-order valence-corrected chi connectivity index (χ0v) is 14.6. The van der Waals surface area contributed by atoms with Crippen molar-refractivity contribution in [1.82, 2.24) is 9.71 Å². The van der Waals surface area contributed by atoms with E-state index in [-0.39, 0.29) is 18.1 Å². The molecule has 0 saturated heterocycles. The zero-order valence-electron chi connectivity index (χ0n) is 13.8. The first-order chi connectivity index (χ1) is 12.5. The molecule has 0 fully saturated rings. The highest BCUT2D eigenvalue weighted by Crippen LogP contribution is 2.20. The molecule has 5 nitrogen and oxygen atoms in total. The van der Waals surface area contributed by atoms with Gasteiger partial charge in [0.25, 0.3) is 0 Å². The van der Waals surface area contributed by atoms with E-state index in [0.29, 0.717) is 17.2 Å². The van der Waals surface area contributed by atoms with Crippen LogP contribution in [0.25, 0.3) is 0 Å². The molecule has 0 spiro atoms. The first-order valence-electron chi connectivity index (χ1n) is 7.90. The van der Waals surface area contributed by atoms with Crippen LogP contribution in [0.15, 0.2) is 72.9 Å². The van der Waals surface area contributed by atoms with Gasteiger partial charge in [0.1, 0.15) is 11.6 Å². The van der Waals surface area contributed by atoms with Crippen LogP contribution >= 0.6 is 0 Å². The van der Waals surface area contributed by atoms with Crippen LogP contribution in [-0.4, -0.2) is 13.4 Å². The average Bonchev–Trinajstić information content (AvgIpc) is 2.63. The maximum Gasteiger partial charge on any atom is 0.219 e. The van der Waals surface area contributed by atoms with E-state index in [1.807, 2.05) is 6.07 Å². The molecule has 0 aliphatic rings. The Kier molecular flexibility index (Phi) is 5.60. The number of nitrogens with zero attached hydrogens (tertiary/aromatic N) is 1. The van der Waals surface area contributed by atoms with Crippen LogP contribution in [0.3, 0.4) is 0 Å². The normalized spacial score (nSPS) is 11.3. The highest BCUT2D eigenvalue weighted by Gasteiger charge is 2.11. The third-order valence-electron chi connectivity index (χ3n) is 3.53. The largest absolute Gasteiger partial charge is 0.439 e. The number of rotatable bonds is 7. The van der Waals surface area contributed by atoms with Gasteiger partial charge < -0.3 is 4.74 Å². The molecule has 0 saturated carbocycles. The molecule has 0 aliphatic carbocycles. The van der Waals surface area contributed by atoms with Gasteiger partial charge in [-0.25, -0.2) is 22.5 Å². The molecule has 0 bridgehead atoms. The lowest BCUT2D eigenvalue weighted by Crippen LogP contribution is -2.24. The highest BCUT2D eigenvalue weighted by atomic mass is 32.2. The van der Waals surface area contributed by atoms with Crippen LogP contribution in [0.2, 0.25) is 0 Å². The summed E-state index contributed by atoms with van der Waals surface area (Å²) >= 11 is 0. The lowest BCUT2D eigenvalue weighted by molar-refractivity contribution is 0.460. The summed E-state index contributed by atoms with van der Waals surface area (Å²) in [6.45, 7) is 0.122. The monoisotopic (exact) mass is 372 g/mol. The summed E-state index contributed by atoms with van der Waals surface area (Å²) in [6, 6.07) is 17.9. The van der Waals surface area contributed by atoms with Gasteiger partial charge in [0, 0.05) is 18.8 Å². The van der Waals surface area contributed by atoms with Crippen molar-refractivity contribution in [2.45, 2.75) is 12.3 Å². The standard InChI is InChI=1S/C19H17FN2O3S/c20-17-6-8-18(9-7-17)25-19-12-16(10-11-21-19)13-22-26(23,24)14-15-4-2-1-3-5-15/h1-12,22H,13-14H2. The number of hydrogen-bond acceptors (Lipinski definition) is 4. The van der Waals surface area contributed by atoms with Crippen molar-refractivity contribution in [3.05, 3.63) is 89.9 Å². The minimum atomic E-state index is -3.46.